The predicted octanol–water partition coefficient (Wildman–Crippen LogP) is 2.03. The highest BCUT2D eigenvalue weighted by Gasteiger charge is 2.25. The van der Waals surface area contributed by atoms with Crippen molar-refractivity contribution in [2.75, 3.05) is 6.54 Å². The van der Waals surface area contributed by atoms with Gasteiger partial charge in [-0.2, -0.15) is 0 Å². The van der Waals surface area contributed by atoms with Crippen LogP contribution in [0.1, 0.15) is 37.5 Å². The van der Waals surface area contributed by atoms with Gasteiger partial charge in [0.15, 0.2) is 0 Å². The molecule has 2 N–H and O–H groups in total. The Balaban J connectivity index is 2.05. The fourth-order valence-corrected chi connectivity index (χ4v) is 2.42. The van der Waals surface area contributed by atoms with Gasteiger partial charge >= 0.3 is 6.09 Å². The minimum atomic E-state index is -0.501. The van der Waals surface area contributed by atoms with Crippen LogP contribution in [-0.4, -0.2) is 34.3 Å². The monoisotopic (exact) mass is 306 g/mol. The Morgan fingerprint density at radius 3 is 2.68 bits per heavy atom. The van der Waals surface area contributed by atoms with Crippen molar-refractivity contribution in [2.45, 2.75) is 45.8 Å². The normalized spacial score (nSPS) is 14.3. The summed E-state index contributed by atoms with van der Waals surface area (Å²) in [6.07, 6.45) is 0.560. The van der Waals surface area contributed by atoms with E-state index in [4.69, 9.17) is 9.94 Å². The van der Waals surface area contributed by atoms with Gasteiger partial charge in [-0.05, 0) is 43.9 Å². The lowest BCUT2D eigenvalue weighted by Gasteiger charge is -2.31. The van der Waals surface area contributed by atoms with E-state index in [1.54, 1.807) is 10.4 Å². The van der Waals surface area contributed by atoms with E-state index in [2.05, 4.69) is 0 Å². The lowest BCUT2D eigenvalue weighted by Crippen LogP contribution is -2.39. The van der Waals surface area contributed by atoms with Gasteiger partial charge in [-0.1, -0.05) is 18.2 Å². The fourth-order valence-electron chi connectivity index (χ4n) is 2.42. The van der Waals surface area contributed by atoms with Crippen LogP contribution in [0.15, 0.2) is 18.2 Å². The molecule has 1 heterocycles. The summed E-state index contributed by atoms with van der Waals surface area (Å²) in [5.41, 5.74) is 4.16. The van der Waals surface area contributed by atoms with E-state index in [-0.39, 0.29) is 12.5 Å². The standard InChI is InChI=1S/C16H22N2O4/c1-16(2,3)22-15(20)18-7-6-12-8-11(9-14(19)17-21)4-5-13(12)10-18/h4-5,8,21H,6-7,9-10H2,1-3H3,(H,17,19). The highest BCUT2D eigenvalue weighted by atomic mass is 16.6. The molecule has 6 heteroatoms. The molecular weight excluding hydrogens is 284 g/mol. The average molecular weight is 306 g/mol. The number of ether oxygens (including phenoxy) is 1. The van der Waals surface area contributed by atoms with Crippen LogP contribution in [0, 0.1) is 0 Å². The Bertz CT molecular complexity index is 578. The Morgan fingerprint density at radius 2 is 2.05 bits per heavy atom. The first-order valence-corrected chi connectivity index (χ1v) is 7.30. The molecule has 0 spiro atoms. The van der Waals surface area contributed by atoms with E-state index in [1.165, 1.54) is 0 Å². The molecule has 1 aliphatic heterocycles. The highest BCUT2D eigenvalue weighted by Crippen LogP contribution is 2.22. The van der Waals surface area contributed by atoms with Gasteiger partial charge in [0.1, 0.15) is 5.60 Å². The van der Waals surface area contributed by atoms with E-state index in [0.29, 0.717) is 13.1 Å². The summed E-state index contributed by atoms with van der Waals surface area (Å²) in [6, 6.07) is 5.72. The minimum Gasteiger partial charge on any atom is -0.444 e. The van der Waals surface area contributed by atoms with Gasteiger partial charge in [0, 0.05) is 13.1 Å². The average Bonchev–Trinajstić information content (AvgIpc) is 2.44. The Labute approximate surface area is 130 Å². The molecule has 0 saturated carbocycles. The quantitative estimate of drug-likeness (QED) is 0.647. The Hall–Kier alpha value is -2.08. The third-order valence-electron chi connectivity index (χ3n) is 3.42. The van der Waals surface area contributed by atoms with E-state index in [0.717, 1.165) is 23.1 Å². The number of amides is 2. The number of rotatable bonds is 2. The number of hydrogen-bond donors (Lipinski definition) is 2. The van der Waals surface area contributed by atoms with Crippen molar-refractivity contribution in [3.05, 3.63) is 34.9 Å². The van der Waals surface area contributed by atoms with Crippen molar-refractivity contribution in [3.8, 4) is 0 Å². The molecule has 22 heavy (non-hydrogen) atoms. The summed E-state index contributed by atoms with van der Waals surface area (Å²) in [5, 5.41) is 8.57. The van der Waals surface area contributed by atoms with Crippen molar-refractivity contribution in [3.63, 3.8) is 0 Å². The largest absolute Gasteiger partial charge is 0.444 e. The first kappa shape index (κ1) is 16.3. The van der Waals surface area contributed by atoms with Crippen molar-refractivity contribution < 1.29 is 19.5 Å². The molecule has 6 nitrogen and oxygen atoms in total. The van der Waals surface area contributed by atoms with Gasteiger partial charge in [0.05, 0.1) is 6.42 Å². The molecule has 2 amide bonds. The molecule has 2 rings (SSSR count). The number of nitrogens with one attached hydrogen (secondary N) is 1. The van der Waals surface area contributed by atoms with E-state index < -0.39 is 11.5 Å². The number of nitrogens with zero attached hydrogens (tertiary/aromatic N) is 1. The summed E-state index contributed by atoms with van der Waals surface area (Å²) < 4.78 is 5.39. The Kier molecular flexibility index (Phi) is 4.71. The van der Waals surface area contributed by atoms with Crippen LogP contribution in [0.5, 0.6) is 0 Å². The van der Waals surface area contributed by atoms with Crippen LogP contribution in [0.4, 0.5) is 4.79 Å². The van der Waals surface area contributed by atoms with Crippen molar-refractivity contribution in [1.82, 2.24) is 10.4 Å². The number of hydrogen-bond acceptors (Lipinski definition) is 4. The van der Waals surface area contributed by atoms with E-state index in [1.807, 2.05) is 39.0 Å². The predicted molar refractivity (Wildman–Crippen MR) is 80.4 cm³/mol. The molecule has 120 valence electrons. The first-order valence-electron chi connectivity index (χ1n) is 7.30. The number of fused-ring (bicyclic) bond motifs is 1. The van der Waals surface area contributed by atoms with Gasteiger partial charge in [-0.25, -0.2) is 10.3 Å². The lowest BCUT2D eigenvalue weighted by molar-refractivity contribution is -0.128. The summed E-state index contributed by atoms with van der Waals surface area (Å²) in [7, 11) is 0. The van der Waals surface area contributed by atoms with Gasteiger partial charge in [-0.15, -0.1) is 0 Å². The number of carbonyl (C=O) groups is 2. The topological polar surface area (TPSA) is 78.9 Å². The molecule has 0 radical (unpaired) electrons. The minimum absolute atomic E-state index is 0.138. The van der Waals surface area contributed by atoms with Gasteiger partial charge < -0.3 is 9.64 Å². The zero-order valence-electron chi connectivity index (χ0n) is 13.2. The van der Waals surface area contributed by atoms with Crippen LogP contribution < -0.4 is 5.48 Å². The number of hydroxylamine groups is 1. The maximum absolute atomic E-state index is 12.1. The molecule has 0 saturated heterocycles. The third kappa shape index (κ3) is 4.21. The van der Waals surface area contributed by atoms with Crippen LogP contribution in [-0.2, 0) is 28.9 Å². The number of benzene rings is 1. The maximum Gasteiger partial charge on any atom is 0.410 e. The van der Waals surface area contributed by atoms with Gasteiger partial charge in [0.2, 0.25) is 5.91 Å². The van der Waals surface area contributed by atoms with E-state index >= 15 is 0 Å². The van der Waals surface area contributed by atoms with Crippen molar-refractivity contribution in [2.24, 2.45) is 0 Å². The fraction of sp³-hybridized carbons (Fsp3) is 0.500. The molecule has 0 aliphatic carbocycles. The Morgan fingerprint density at radius 1 is 1.32 bits per heavy atom. The van der Waals surface area contributed by atoms with E-state index in [9.17, 15) is 9.59 Å². The zero-order chi connectivity index (χ0) is 16.3. The molecule has 1 aromatic carbocycles. The lowest BCUT2D eigenvalue weighted by atomic mass is 9.96. The van der Waals surface area contributed by atoms with Crippen molar-refractivity contribution in [1.29, 1.82) is 0 Å². The summed E-state index contributed by atoms with van der Waals surface area (Å²) in [6.45, 7) is 6.65. The molecule has 1 aliphatic rings. The van der Waals surface area contributed by atoms with Crippen LogP contribution >= 0.6 is 0 Å². The third-order valence-corrected chi connectivity index (χ3v) is 3.42. The van der Waals surface area contributed by atoms with Crippen molar-refractivity contribution >= 4 is 12.0 Å². The second-order valence-electron chi connectivity index (χ2n) is 6.47. The molecule has 1 aromatic rings. The van der Waals surface area contributed by atoms with Gasteiger partial charge in [-0.3, -0.25) is 10.0 Å². The van der Waals surface area contributed by atoms with Crippen LogP contribution in [0.3, 0.4) is 0 Å². The summed E-state index contributed by atoms with van der Waals surface area (Å²) in [5.74, 6) is -0.439. The molecule has 0 bridgehead atoms. The maximum atomic E-state index is 12.1. The summed E-state index contributed by atoms with van der Waals surface area (Å²) >= 11 is 0. The molecule has 0 unspecified atom stereocenters. The first-order chi connectivity index (χ1) is 10.3. The number of carbonyl (C=O) groups excluding carboxylic acids is 2. The van der Waals surface area contributed by atoms with Crippen LogP contribution in [0.2, 0.25) is 0 Å². The molecule has 0 fully saturated rings. The second-order valence-corrected chi connectivity index (χ2v) is 6.47. The smallest absolute Gasteiger partial charge is 0.410 e. The summed E-state index contributed by atoms with van der Waals surface area (Å²) in [4.78, 5) is 25.0. The molecule has 0 atom stereocenters. The van der Waals surface area contributed by atoms with Crippen LogP contribution in [0.25, 0.3) is 0 Å². The molecule has 0 aromatic heterocycles. The zero-order valence-corrected chi connectivity index (χ0v) is 13.2. The highest BCUT2D eigenvalue weighted by molar-refractivity contribution is 5.77. The van der Waals surface area contributed by atoms with Gasteiger partial charge in [0.25, 0.3) is 0 Å². The SMILES string of the molecule is CC(C)(C)OC(=O)N1CCc2cc(CC(=O)NO)ccc2C1. The second kappa shape index (κ2) is 6.36. The molecular formula is C16H22N2O4.